The molecule has 0 saturated carbocycles. The Morgan fingerprint density at radius 3 is 2.50 bits per heavy atom. The lowest BCUT2D eigenvalue weighted by molar-refractivity contribution is -0.137. The minimum absolute atomic E-state index is 0.164. The molecule has 0 fully saturated rings. The largest absolute Gasteiger partial charge is 0.497 e. The van der Waals surface area contributed by atoms with Gasteiger partial charge in [0, 0.05) is 12.1 Å². The Balaban J connectivity index is 2.20. The number of carbonyl (C=O) groups is 2. The lowest BCUT2D eigenvalue weighted by Crippen LogP contribution is -2.38. The maximum atomic E-state index is 12.5. The standard InChI is InChI=1S/C17H21N3O4/c1-11(2)9-20(10-16(21)22)17(23)15-8-14(18-19-15)12-4-6-13(24-3)7-5-12/h4-8,11H,9-10H2,1-3H3,(H,18,19)(H,21,22). The van der Waals surface area contributed by atoms with E-state index >= 15 is 0 Å². The first-order valence-corrected chi connectivity index (χ1v) is 7.61. The molecular weight excluding hydrogens is 310 g/mol. The summed E-state index contributed by atoms with van der Waals surface area (Å²) in [5.74, 6) is -0.523. The minimum atomic E-state index is -1.04. The molecule has 0 atom stereocenters. The van der Waals surface area contributed by atoms with Crippen LogP contribution in [0, 0.1) is 5.92 Å². The van der Waals surface area contributed by atoms with Crippen molar-refractivity contribution in [2.75, 3.05) is 20.2 Å². The van der Waals surface area contributed by atoms with E-state index in [0.29, 0.717) is 12.2 Å². The van der Waals surface area contributed by atoms with Crippen LogP contribution in [0.25, 0.3) is 11.3 Å². The molecule has 1 aromatic carbocycles. The van der Waals surface area contributed by atoms with Gasteiger partial charge in [-0.2, -0.15) is 5.10 Å². The highest BCUT2D eigenvalue weighted by Gasteiger charge is 2.21. The van der Waals surface area contributed by atoms with E-state index in [0.717, 1.165) is 11.3 Å². The summed E-state index contributed by atoms with van der Waals surface area (Å²) in [5.41, 5.74) is 1.71. The third-order valence-corrected chi connectivity index (χ3v) is 3.39. The Hall–Kier alpha value is -2.83. The molecular formula is C17H21N3O4. The van der Waals surface area contributed by atoms with Gasteiger partial charge in [0.2, 0.25) is 0 Å². The Morgan fingerprint density at radius 1 is 1.29 bits per heavy atom. The zero-order chi connectivity index (χ0) is 17.7. The number of rotatable bonds is 7. The van der Waals surface area contributed by atoms with Crippen molar-refractivity contribution in [2.45, 2.75) is 13.8 Å². The summed E-state index contributed by atoms with van der Waals surface area (Å²) in [7, 11) is 1.59. The highest BCUT2D eigenvalue weighted by Crippen LogP contribution is 2.21. The lowest BCUT2D eigenvalue weighted by Gasteiger charge is -2.21. The average molecular weight is 331 g/mol. The number of aromatic amines is 1. The monoisotopic (exact) mass is 331 g/mol. The summed E-state index contributed by atoms with van der Waals surface area (Å²) in [6.45, 7) is 3.88. The van der Waals surface area contributed by atoms with Crippen LogP contribution in [0.1, 0.15) is 24.3 Å². The van der Waals surface area contributed by atoms with Gasteiger partial charge in [-0.1, -0.05) is 13.8 Å². The van der Waals surface area contributed by atoms with Gasteiger partial charge < -0.3 is 14.7 Å². The van der Waals surface area contributed by atoms with Crippen molar-refractivity contribution in [3.05, 3.63) is 36.0 Å². The predicted octanol–water partition coefficient (Wildman–Crippen LogP) is 2.27. The second kappa shape index (κ2) is 7.63. The van der Waals surface area contributed by atoms with Crippen molar-refractivity contribution < 1.29 is 19.4 Å². The maximum absolute atomic E-state index is 12.5. The molecule has 0 radical (unpaired) electrons. The molecule has 0 spiro atoms. The summed E-state index contributed by atoms with van der Waals surface area (Å²) < 4.78 is 5.11. The normalized spacial score (nSPS) is 10.7. The Bertz CT molecular complexity index is 707. The number of carbonyl (C=O) groups excluding carboxylic acids is 1. The quantitative estimate of drug-likeness (QED) is 0.811. The highest BCUT2D eigenvalue weighted by molar-refractivity contribution is 5.95. The number of hydrogen-bond donors (Lipinski definition) is 2. The third kappa shape index (κ3) is 4.34. The molecule has 0 bridgehead atoms. The molecule has 1 amide bonds. The van der Waals surface area contributed by atoms with Gasteiger partial charge in [0.1, 0.15) is 18.0 Å². The van der Waals surface area contributed by atoms with Crippen molar-refractivity contribution in [1.82, 2.24) is 15.1 Å². The SMILES string of the molecule is COc1ccc(-c2cc(C(=O)N(CC(=O)O)CC(C)C)[nH]n2)cc1. The fraction of sp³-hybridized carbons (Fsp3) is 0.353. The Morgan fingerprint density at radius 2 is 1.96 bits per heavy atom. The second-order valence-electron chi connectivity index (χ2n) is 5.87. The number of amides is 1. The van der Waals surface area contributed by atoms with E-state index in [1.54, 1.807) is 25.3 Å². The molecule has 7 nitrogen and oxygen atoms in total. The summed E-state index contributed by atoms with van der Waals surface area (Å²) in [6.07, 6.45) is 0. The van der Waals surface area contributed by atoms with E-state index < -0.39 is 5.97 Å². The number of carboxylic acid groups (broad SMARTS) is 1. The molecule has 1 heterocycles. The molecule has 7 heteroatoms. The van der Waals surface area contributed by atoms with Crippen LogP contribution in [0.2, 0.25) is 0 Å². The number of hydrogen-bond acceptors (Lipinski definition) is 4. The van der Waals surface area contributed by atoms with Crippen LogP contribution in [-0.2, 0) is 4.79 Å². The van der Waals surface area contributed by atoms with Gasteiger partial charge in [-0.05, 0) is 36.2 Å². The molecule has 2 aromatic rings. The van der Waals surface area contributed by atoms with E-state index in [2.05, 4.69) is 10.2 Å². The number of carboxylic acids is 1. The van der Waals surface area contributed by atoms with E-state index in [1.165, 1.54) is 4.90 Å². The fourth-order valence-electron chi connectivity index (χ4n) is 2.33. The Labute approximate surface area is 140 Å². The molecule has 0 aliphatic carbocycles. The third-order valence-electron chi connectivity index (χ3n) is 3.39. The van der Waals surface area contributed by atoms with Crippen molar-refractivity contribution in [3.63, 3.8) is 0 Å². The number of aromatic nitrogens is 2. The number of nitrogens with zero attached hydrogens (tertiary/aromatic N) is 2. The second-order valence-corrected chi connectivity index (χ2v) is 5.87. The van der Waals surface area contributed by atoms with E-state index in [-0.39, 0.29) is 24.1 Å². The highest BCUT2D eigenvalue weighted by atomic mass is 16.5. The van der Waals surface area contributed by atoms with Crippen molar-refractivity contribution in [2.24, 2.45) is 5.92 Å². The van der Waals surface area contributed by atoms with Crippen LogP contribution in [0.3, 0.4) is 0 Å². The molecule has 2 rings (SSSR count). The zero-order valence-electron chi connectivity index (χ0n) is 13.9. The summed E-state index contributed by atoms with van der Waals surface area (Å²) in [4.78, 5) is 24.8. The lowest BCUT2D eigenvalue weighted by atomic mass is 10.1. The van der Waals surface area contributed by atoms with Crippen LogP contribution < -0.4 is 4.74 Å². The summed E-state index contributed by atoms with van der Waals surface area (Å²) >= 11 is 0. The van der Waals surface area contributed by atoms with E-state index in [1.807, 2.05) is 26.0 Å². The number of ether oxygens (including phenoxy) is 1. The first-order valence-electron chi connectivity index (χ1n) is 7.61. The van der Waals surface area contributed by atoms with Gasteiger partial charge >= 0.3 is 5.97 Å². The maximum Gasteiger partial charge on any atom is 0.323 e. The molecule has 0 saturated heterocycles. The van der Waals surface area contributed by atoms with Crippen molar-refractivity contribution >= 4 is 11.9 Å². The van der Waals surface area contributed by atoms with E-state index in [4.69, 9.17) is 9.84 Å². The first-order chi connectivity index (χ1) is 11.4. The fourth-order valence-corrected chi connectivity index (χ4v) is 2.33. The zero-order valence-corrected chi connectivity index (χ0v) is 13.9. The van der Waals surface area contributed by atoms with Crippen molar-refractivity contribution in [1.29, 1.82) is 0 Å². The van der Waals surface area contributed by atoms with E-state index in [9.17, 15) is 9.59 Å². The van der Waals surface area contributed by atoms with Crippen LogP contribution >= 0.6 is 0 Å². The number of aliphatic carboxylic acids is 1. The van der Waals surface area contributed by atoms with Gasteiger partial charge in [0.15, 0.2) is 0 Å². The molecule has 2 N–H and O–H groups in total. The molecule has 0 aliphatic rings. The Kier molecular flexibility index (Phi) is 5.57. The number of nitrogens with one attached hydrogen (secondary N) is 1. The van der Waals surface area contributed by atoms with Crippen molar-refractivity contribution in [3.8, 4) is 17.0 Å². The summed E-state index contributed by atoms with van der Waals surface area (Å²) in [6, 6.07) is 8.92. The molecule has 128 valence electrons. The molecule has 0 unspecified atom stereocenters. The minimum Gasteiger partial charge on any atom is -0.497 e. The number of benzene rings is 1. The van der Waals surface area contributed by atoms with Gasteiger partial charge in [0.05, 0.1) is 12.8 Å². The molecule has 0 aliphatic heterocycles. The smallest absolute Gasteiger partial charge is 0.323 e. The number of H-pyrrole nitrogens is 1. The van der Waals surface area contributed by atoms with Gasteiger partial charge in [-0.15, -0.1) is 0 Å². The van der Waals surface area contributed by atoms with Crippen LogP contribution in [0.4, 0.5) is 0 Å². The van der Waals surface area contributed by atoms with Crippen LogP contribution in [0.15, 0.2) is 30.3 Å². The topological polar surface area (TPSA) is 95.5 Å². The average Bonchev–Trinajstić information content (AvgIpc) is 3.02. The summed E-state index contributed by atoms with van der Waals surface area (Å²) in [5, 5.41) is 15.8. The van der Waals surface area contributed by atoms with Gasteiger partial charge in [0.25, 0.3) is 5.91 Å². The number of methoxy groups -OCH3 is 1. The predicted molar refractivity (Wildman–Crippen MR) is 89.0 cm³/mol. The van der Waals surface area contributed by atoms with Crippen LogP contribution in [0.5, 0.6) is 5.75 Å². The van der Waals surface area contributed by atoms with Gasteiger partial charge in [-0.3, -0.25) is 14.7 Å². The molecule has 24 heavy (non-hydrogen) atoms. The first kappa shape index (κ1) is 17.5. The van der Waals surface area contributed by atoms with Gasteiger partial charge in [-0.25, -0.2) is 0 Å². The molecule has 1 aromatic heterocycles. The van der Waals surface area contributed by atoms with Crippen LogP contribution in [-0.4, -0.2) is 52.3 Å².